The summed E-state index contributed by atoms with van der Waals surface area (Å²) in [5.74, 6) is 0.136. The fourth-order valence-corrected chi connectivity index (χ4v) is 1.68. The van der Waals surface area contributed by atoms with E-state index >= 15 is 0 Å². The summed E-state index contributed by atoms with van der Waals surface area (Å²) in [6.07, 6.45) is 0. The van der Waals surface area contributed by atoms with E-state index in [1.807, 2.05) is 30.3 Å². The molecule has 0 saturated heterocycles. The van der Waals surface area contributed by atoms with Crippen LogP contribution >= 0.6 is 11.3 Å². The molecular weight excluding hydrogens is 212 g/mol. The van der Waals surface area contributed by atoms with Crippen LogP contribution in [0.5, 0.6) is 10.9 Å². The van der Waals surface area contributed by atoms with Gasteiger partial charge in [-0.15, -0.1) is 0 Å². The van der Waals surface area contributed by atoms with E-state index < -0.39 is 5.91 Å². The Morgan fingerprint density at radius 1 is 1.33 bits per heavy atom. The van der Waals surface area contributed by atoms with Crippen LogP contribution in [0.15, 0.2) is 35.7 Å². The van der Waals surface area contributed by atoms with Crippen molar-refractivity contribution in [3.63, 3.8) is 0 Å². The van der Waals surface area contributed by atoms with Crippen molar-refractivity contribution in [3.05, 3.63) is 41.4 Å². The Morgan fingerprint density at radius 3 is 2.67 bits per heavy atom. The average molecular weight is 220 g/mol. The van der Waals surface area contributed by atoms with Crippen molar-refractivity contribution >= 4 is 17.2 Å². The molecule has 0 atom stereocenters. The molecule has 4 nitrogen and oxygen atoms in total. The highest BCUT2D eigenvalue weighted by Crippen LogP contribution is 2.24. The van der Waals surface area contributed by atoms with Crippen LogP contribution in [0.2, 0.25) is 0 Å². The molecule has 1 amide bonds. The van der Waals surface area contributed by atoms with Crippen LogP contribution in [0.1, 0.15) is 10.5 Å². The molecule has 0 bridgehead atoms. The predicted molar refractivity (Wildman–Crippen MR) is 57.1 cm³/mol. The molecule has 1 aromatic heterocycles. The van der Waals surface area contributed by atoms with E-state index in [0.29, 0.717) is 10.9 Å². The molecular formula is C10H8N2O2S. The highest BCUT2D eigenvalue weighted by molar-refractivity contribution is 7.11. The smallest absolute Gasteiger partial charge is 0.279 e. The molecule has 0 unspecified atom stereocenters. The number of hydrogen-bond donors (Lipinski definition) is 1. The first kappa shape index (κ1) is 9.67. The molecule has 0 radical (unpaired) electrons. The summed E-state index contributed by atoms with van der Waals surface area (Å²) in [5, 5.41) is 1.98. The maximum atomic E-state index is 10.8. The Morgan fingerprint density at radius 2 is 2.07 bits per heavy atom. The van der Waals surface area contributed by atoms with Gasteiger partial charge in [0.05, 0.1) is 0 Å². The number of hydrogen-bond acceptors (Lipinski definition) is 4. The van der Waals surface area contributed by atoms with Crippen molar-refractivity contribution in [3.8, 4) is 10.9 Å². The number of para-hydroxylation sites is 1. The summed E-state index contributed by atoms with van der Waals surface area (Å²) < 4.78 is 5.41. The number of ether oxygens (including phenoxy) is 1. The van der Waals surface area contributed by atoms with Crippen molar-refractivity contribution in [2.24, 2.45) is 5.73 Å². The molecule has 1 aromatic carbocycles. The Bertz CT molecular complexity index is 467. The lowest BCUT2D eigenvalue weighted by Crippen LogP contribution is -2.10. The van der Waals surface area contributed by atoms with Gasteiger partial charge >= 0.3 is 0 Å². The minimum Gasteiger partial charge on any atom is -0.431 e. The second-order valence-electron chi connectivity index (χ2n) is 2.78. The zero-order chi connectivity index (χ0) is 10.7. The highest BCUT2D eigenvalue weighted by atomic mass is 32.1. The summed E-state index contributed by atoms with van der Waals surface area (Å²) >= 11 is 1.24. The summed E-state index contributed by atoms with van der Waals surface area (Å²) in [5.41, 5.74) is 5.30. The third-order valence-electron chi connectivity index (χ3n) is 1.68. The van der Waals surface area contributed by atoms with E-state index in [9.17, 15) is 4.79 Å². The topological polar surface area (TPSA) is 65.2 Å². The average Bonchev–Trinajstić information content (AvgIpc) is 2.68. The molecule has 0 aliphatic rings. The number of primary amides is 1. The van der Waals surface area contributed by atoms with Crippen molar-refractivity contribution in [1.82, 2.24) is 4.98 Å². The van der Waals surface area contributed by atoms with Gasteiger partial charge in [-0.3, -0.25) is 4.79 Å². The van der Waals surface area contributed by atoms with Crippen LogP contribution < -0.4 is 10.5 Å². The molecule has 2 N–H and O–H groups in total. The van der Waals surface area contributed by atoms with E-state index in [4.69, 9.17) is 10.5 Å². The van der Waals surface area contributed by atoms with Gasteiger partial charge < -0.3 is 10.5 Å². The van der Waals surface area contributed by atoms with Gasteiger partial charge in [0.1, 0.15) is 11.4 Å². The molecule has 5 heteroatoms. The monoisotopic (exact) mass is 220 g/mol. The molecule has 0 aliphatic heterocycles. The second-order valence-corrected chi connectivity index (χ2v) is 3.60. The standard InChI is InChI=1S/C10H8N2O2S/c11-9(13)8-6-15-10(12-8)14-7-4-2-1-3-5-7/h1-6H,(H2,11,13). The Labute approximate surface area is 90.3 Å². The minimum atomic E-state index is -0.547. The maximum Gasteiger partial charge on any atom is 0.279 e. The van der Waals surface area contributed by atoms with Gasteiger partial charge in [-0.25, -0.2) is 0 Å². The number of amides is 1. The first-order valence-corrected chi connectivity index (χ1v) is 5.12. The molecule has 0 saturated carbocycles. The first-order chi connectivity index (χ1) is 7.25. The molecule has 0 spiro atoms. The summed E-state index contributed by atoms with van der Waals surface area (Å²) in [7, 11) is 0. The zero-order valence-electron chi connectivity index (χ0n) is 7.71. The van der Waals surface area contributed by atoms with Crippen LogP contribution in [-0.4, -0.2) is 10.9 Å². The summed E-state index contributed by atoms with van der Waals surface area (Å²) in [6, 6.07) is 9.23. The van der Waals surface area contributed by atoms with E-state index in [0.717, 1.165) is 0 Å². The lowest BCUT2D eigenvalue weighted by Gasteiger charge is -1.99. The van der Waals surface area contributed by atoms with Crippen LogP contribution in [0.4, 0.5) is 0 Å². The normalized spacial score (nSPS) is 9.87. The Balaban J connectivity index is 2.15. The number of aromatic nitrogens is 1. The van der Waals surface area contributed by atoms with Crippen LogP contribution in [0.3, 0.4) is 0 Å². The van der Waals surface area contributed by atoms with Crippen molar-refractivity contribution < 1.29 is 9.53 Å². The zero-order valence-corrected chi connectivity index (χ0v) is 8.53. The van der Waals surface area contributed by atoms with Gasteiger partial charge in [0.25, 0.3) is 11.1 Å². The fraction of sp³-hybridized carbons (Fsp3) is 0. The van der Waals surface area contributed by atoms with E-state index in [-0.39, 0.29) is 5.69 Å². The van der Waals surface area contributed by atoms with Gasteiger partial charge in [-0.1, -0.05) is 29.5 Å². The van der Waals surface area contributed by atoms with Gasteiger partial charge in [0, 0.05) is 5.38 Å². The summed E-state index contributed by atoms with van der Waals surface area (Å²) in [6.45, 7) is 0. The third kappa shape index (κ3) is 2.32. The molecule has 76 valence electrons. The Hall–Kier alpha value is -1.88. The van der Waals surface area contributed by atoms with E-state index in [2.05, 4.69) is 4.98 Å². The number of nitrogens with zero attached hydrogens (tertiary/aromatic N) is 1. The second kappa shape index (κ2) is 4.10. The number of carbonyl (C=O) groups is 1. The summed E-state index contributed by atoms with van der Waals surface area (Å²) in [4.78, 5) is 14.7. The predicted octanol–water partition coefficient (Wildman–Crippen LogP) is 2.03. The van der Waals surface area contributed by atoms with E-state index in [1.165, 1.54) is 11.3 Å². The largest absolute Gasteiger partial charge is 0.431 e. The van der Waals surface area contributed by atoms with Crippen molar-refractivity contribution in [2.75, 3.05) is 0 Å². The number of carbonyl (C=O) groups excluding carboxylic acids is 1. The molecule has 0 aliphatic carbocycles. The Kier molecular flexibility index (Phi) is 2.64. The number of nitrogens with two attached hydrogens (primary N) is 1. The van der Waals surface area contributed by atoms with Gasteiger partial charge in [0.2, 0.25) is 0 Å². The number of thiazole rings is 1. The molecule has 2 rings (SSSR count). The van der Waals surface area contributed by atoms with Gasteiger partial charge in [-0.2, -0.15) is 4.98 Å². The van der Waals surface area contributed by atoms with Crippen molar-refractivity contribution in [1.29, 1.82) is 0 Å². The highest BCUT2D eigenvalue weighted by Gasteiger charge is 2.07. The quantitative estimate of drug-likeness (QED) is 0.860. The van der Waals surface area contributed by atoms with E-state index in [1.54, 1.807) is 5.38 Å². The third-order valence-corrected chi connectivity index (χ3v) is 2.40. The van der Waals surface area contributed by atoms with Gasteiger partial charge in [0.15, 0.2) is 0 Å². The first-order valence-electron chi connectivity index (χ1n) is 4.24. The molecule has 15 heavy (non-hydrogen) atoms. The molecule has 2 aromatic rings. The SMILES string of the molecule is NC(=O)c1csc(Oc2ccccc2)n1. The lowest BCUT2D eigenvalue weighted by molar-refractivity contribution is 0.0995. The number of benzene rings is 1. The van der Waals surface area contributed by atoms with Crippen molar-refractivity contribution in [2.45, 2.75) is 0 Å². The number of rotatable bonds is 3. The van der Waals surface area contributed by atoms with Crippen LogP contribution in [0.25, 0.3) is 0 Å². The lowest BCUT2D eigenvalue weighted by atomic mass is 10.3. The van der Waals surface area contributed by atoms with Crippen LogP contribution in [0, 0.1) is 0 Å². The molecule has 0 fully saturated rings. The minimum absolute atomic E-state index is 0.228. The fourth-order valence-electron chi connectivity index (χ4n) is 1.01. The molecule has 1 heterocycles. The maximum absolute atomic E-state index is 10.8. The van der Waals surface area contributed by atoms with Crippen LogP contribution in [-0.2, 0) is 0 Å². The van der Waals surface area contributed by atoms with Gasteiger partial charge in [-0.05, 0) is 12.1 Å².